The molecule has 0 bridgehead atoms. The molecule has 2 fully saturated rings. The first-order valence-electron chi connectivity index (χ1n) is 9.04. The highest BCUT2D eigenvalue weighted by molar-refractivity contribution is 7.53. The van der Waals surface area contributed by atoms with Crippen LogP contribution in [0, 0.1) is 5.92 Å². The van der Waals surface area contributed by atoms with Crippen LogP contribution in [0.5, 0.6) is 0 Å². The molecule has 1 unspecified atom stereocenters. The number of hydrogen-bond donors (Lipinski definition) is 1. The van der Waals surface area contributed by atoms with E-state index < -0.39 is 6.10 Å². The summed E-state index contributed by atoms with van der Waals surface area (Å²) in [5, 5.41) is 9.50. The van der Waals surface area contributed by atoms with Crippen LogP contribution >= 0.6 is 8.58 Å². The monoisotopic (exact) mass is 360 g/mol. The maximum absolute atomic E-state index is 12.3. The average Bonchev–Trinajstić information content (AvgIpc) is 3.03. The summed E-state index contributed by atoms with van der Waals surface area (Å²) in [5.74, 6) is 0.132. The molecule has 2 aliphatic rings. The largest absolute Gasteiger partial charge is 0.462 e. The second-order valence-electron chi connectivity index (χ2n) is 8.00. The molecule has 2 rings (SSSR count). The summed E-state index contributed by atoms with van der Waals surface area (Å²) >= 11 is 0. The molecule has 6 heteroatoms. The van der Waals surface area contributed by atoms with Crippen LogP contribution in [-0.4, -0.2) is 52.6 Å². The zero-order chi connectivity index (χ0) is 18.1. The van der Waals surface area contributed by atoms with Gasteiger partial charge in [0.2, 0.25) is 0 Å². The van der Waals surface area contributed by atoms with E-state index in [2.05, 4.69) is 6.92 Å². The van der Waals surface area contributed by atoms with Crippen molar-refractivity contribution in [2.75, 3.05) is 6.61 Å². The molecule has 1 N–H and O–H groups in total. The van der Waals surface area contributed by atoms with Crippen molar-refractivity contribution in [1.82, 2.24) is 0 Å². The SMILES string of the molecule is CC(C)OC(=O)[C@]1(C)P[C@]1(C)CCCO[C@@H]1O[C@@H](C)[C@H](O)C[C@H]1C. The molecule has 0 saturated carbocycles. The summed E-state index contributed by atoms with van der Waals surface area (Å²) in [6, 6.07) is 0. The van der Waals surface area contributed by atoms with E-state index in [1.807, 2.05) is 34.6 Å². The maximum atomic E-state index is 12.3. The number of ether oxygens (including phenoxy) is 3. The van der Waals surface area contributed by atoms with Crippen molar-refractivity contribution in [2.45, 2.75) is 95.7 Å². The van der Waals surface area contributed by atoms with Crippen molar-refractivity contribution in [3.8, 4) is 0 Å². The summed E-state index contributed by atoms with van der Waals surface area (Å²) in [7, 11) is 0.612. The third kappa shape index (κ3) is 4.30. The van der Waals surface area contributed by atoms with Gasteiger partial charge in [-0.1, -0.05) is 22.4 Å². The number of rotatable bonds is 7. The zero-order valence-electron chi connectivity index (χ0n) is 15.8. The molecule has 24 heavy (non-hydrogen) atoms. The van der Waals surface area contributed by atoms with Gasteiger partial charge < -0.3 is 19.3 Å². The Balaban J connectivity index is 1.72. The number of carbonyl (C=O) groups excluding carboxylic acids is 1. The fourth-order valence-corrected chi connectivity index (χ4v) is 5.12. The summed E-state index contributed by atoms with van der Waals surface area (Å²) in [4.78, 5) is 12.3. The smallest absolute Gasteiger partial charge is 0.317 e. The first-order valence-corrected chi connectivity index (χ1v) is 10.0. The maximum Gasteiger partial charge on any atom is 0.317 e. The lowest BCUT2D eigenvalue weighted by atomic mass is 9.92. The normalized spacial score (nSPS) is 43.2. The van der Waals surface area contributed by atoms with Crippen molar-refractivity contribution in [3.05, 3.63) is 0 Å². The molecule has 2 aliphatic heterocycles. The van der Waals surface area contributed by atoms with E-state index in [1.165, 1.54) is 0 Å². The van der Waals surface area contributed by atoms with Crippen LogP contribution < -0.4 is 0 Å². The van der Waals surface area contributed by atoms with Gasteiger partial charge in [-0.15, -0.1) is 0 Å². The Bertz CT molecular complexity index is 457. The first kappa shape index (κ1) is 20.1. The van der Waals surface area contributed by atoms with E-state index in [0.717, 1.165) is 12.8 Å². The fourth-order valence-electron chi connectivity index (χ4n) is 3.39. The molecule has 2 saturated heterocycles. The first-order chi connectivity index (χ1) is 11.1. The second-order valence-corrected chi connectivity index (χ2v) is 10.4. The molecule has 0 amide bonds. The fraction of sp³-hybridized carbons (Fsp3) is 0.944. The summed E-state index contributed by atoms with van der Waals surface area (Å²) < 4.78 is 17.0. The highest BCUT2D eigenvalue weighted by Gasteiger charge is 2.66. The van der Waals surface area contributed by atoms with Crippen LogP contribution in [-0.2, 0) is 19.0 Å². The minimum Gasteiger partial charge on any atom is -0.462 e. The van der Waals surface area contributed by atoms with E-state index in [4.69, 9.17) is 14.2 Å². The van der Waals surface area contributed by atoms with E-state index >= 15 is 0 Å². The van der Waals surface area contributed by atoms with Crippen molar-refractivity contribution in [3.63, 3.8) is 0 Å². The third-order valence-electron chi connectivity index (χ3n) is 5.39. The van der Waals surface area contributed by atoms with Crippen LogP contribution in [0.4, 0.5) is 0 Å². The number of hydrogen-bond acceptors (Lipinski definition) is 5. The van der Waals surface area contributed by atoms with Crippen LogP contribution in [0.3, 0.4) is 0 Å². The van der Waals surface area contributed by atoms with Gasteiger partial charge >= 0.3 is 5.97 Å². The Morgan fingerprint density at radius 1 is 1.38 bits per heavy atom. The van der Waals surface area contributed by atoms with Crippen LogP contribution in [0.25, 0.3) is 0 Å². The topological polar surface area (TPSA) is 65.0 Å². The lowest BCUT2D eigenvalue weighted by molar-refractivity contribution is -0.241. The molecule has 0 aliphatic carbocycles. The summed E-state index contributed by atoms with van der Waals surface area (Å²) in [6.07, 6.45) is 1.68. The molecule has 2 heterocycles. The van der Waals surface area contributed by atoms with E-state index in [1.54, 1.807) is 0 Å². The molecule has 0 radical (unpaired) electrons. The molecule has 0 aromatic heterocycles. The van der Waals surface area contributed by atoms with Gasteiger partial charge in [0, 0.05) is 17.7 Å². The van der Waals surface area contributed by atoms with Crippen molar-refractivity contribution in [1.29, 1.82) is 0 Å². The highest BCUT2D eigenvalue weighted by atomic mass is 31.1. The van der Waals surface area contributed by atoms with Crippen molar-refractivity contribution in [2.24, 2.45) is 5.92 Å². The standard InChI is InChI=1S/C18H33O5P/c1-11(2)22-16(20)18(6)17(5,24-18)8-7-9-21-15-12(3)10-14(19)13(4)23-15/h11-15,19,24H,7-10H2,1-6H3/t12-,13+,14-,15-,17-,18+/m1/s1. The molecule has 140 valence electrons. The molecule has 7 atom stereocenters. The molecular formula is C18H33O5P. The lowest BCUT2D eigenvalue weighted by Crippen LogP contribution is -2.43. The van der Waals surface area contributed by atoms with E-state index in [-0.39, 0.29) is 40.7 Å². The number of aliphatic hydroxyl groups excluding tert-OH is 1. The van der Waals surface area contributed by atoms with Gasteiger partial charge in [-0.05, 0) is 47.0 Å². The van der Waals surface area contributed by atoms with Crippen molar-refractivity contribution < 1.29 is 24.1 Å². The van der Waals surface area contributed by atoms with Crippen LogP contribution in [0.2, 0.25) is 0 Å². The van der Waals surface area contributed by atoms with Gasteiger partial charge in [0.15, 0.2) is 6.29 Å². The van der Waals surface area contributed by atoms with Gasteiger partial charge in [-0.25, -0.2) is 0 Å². The predicted octanol–water partition coefficient (Wildman–Crippen LogP) is 3.08. The summed E-state index contributed by atoms with van der Waals surface area (Å²) in [5.41, 5.74) is 0. The van der Waals surface area contributed by atoms with Crippen molar-refractivity contribution >= 4 is 14.6 Å². The lowest BCUT2D eigenvalue weighted by Gasteiger charge is -2.36. The van der Waals surface area contributed by atoms with Gasteiger partial charge in [-0.2, -0.15) is 0 Å². The Morgan fingerprint density at radius 3 is 2.67 bits per heavy atom. The molecule has 5 nitrogen and oxygen atoms in total. The Kier molecular flexibility index (Phi) is 6.34. The third-order valence-corrected chi connectivity index (χ3v) is 7.70. The minimum absolute atomic E-state index is 0.0326. The zero-order valence-corrected chi connectivity index (χ0v) is 16.8. The van der Waals surface area contributed by atoms with E-state index in [0.29, 0.717) is 21.6 Å². The molecule has 0 aromatic carbocycles. The van der Waals surface area contributed by atoms with Crippen LogP contribution in [0.1, 0.15) is 60.8 Å². The number of carbonyl (C=O) groups is 1. The molecule has 0 aromatic rings. The minimum atomic E-state index is -0.404. The Morgan fingerprint density at radius 2 is 2.04 bits per heavy atom. The Labute approximate surface area is 147 Å². The van der Waals surface area contributed by atoms with E-state index in [9.17, 15) is 9.90 Å². The number of aliphatic hydroxyl groups is 1. The summed E-state index contributed by atoms with van der Waals surface area (Å²) in [6.45, 7) is 12.5. The predicted molar refractivity (Wildman–Crippen MR) is 95.7 cm³/mol. The van der Waals surface area contributed by atoms with Crippen LogP contribution in [0.15, 0.2) is 0 Å². The van der Waals surface area contributed by atoms with Gasteiger partial charge in [0.05, 0.1) is 23.5 Å². The van der Waals surface area contributed by atoms with Gasteiger partial charge in [0.1, 0.15) is 0 Å². The Hall–Kier alpha value is -0.220. The molecule has 0 spiro atoms. The van der Waals surface area contributed by atoms with Gasteiger partial charge in [0.25, 0.3) is 0 Å². The highest BCUT2D eigenvalue weighted by Crippen LogP contribution is 2.72. The van der Waals surface area contributed by atoms with Gasteiger partial charge in [-0.3, -0.25) is 4.79 Å². The number of esters is 1. The molecular weight excluding hydrogens is 327 g/mol. The average molecular weight is 360 g/mol. The quantitative estimate of drug-likeness (QED) is 0.429. The second kappa shape index (κ2) is 7.57.